The molecule has 4 heteroatoms. The lowest BCUT2D eigenvalue weighted by molar-refractivity contribution is -0.137. The molecule has 0 aromatic heterocycles. The highest BCUT2D eigenvalue weighted by atomic mass is 16.5. The maximum absolute atomic E-state index is 11.7. The van der Waals surface area contributed by atoms with Crippen LogP contribution in [0.4, 0.5) is 0 Å². The minimum Gasteiger partial charge on any atom is -0.378 e. The molecule has 1 amide bonds. The topological polar surface area (TPSA) is 55.4 Å². The van der Waals surface area contributed by atoms with Crippen molar-refractivity contribution in [1.82, 2.24) is 5.32 Å². The molecular formula is C12H21NO3. The van der Waals surface area contributed by atoms with Gasteiger partial charge in [-0.05, 0) is 26.2 Å². The highest BCUT2D eigenvalue weighted by Crippen LogP contribution is 2.37. The van der Waals surface area contributed by atoms with Gasteiger partial charge in [-0.2, -0.15) is 0 Å². The van der Waals surface area contributed by atoms with E-state index in [0.717, 1.165) is 19.3 Å². The van der Waals surface area contributed by atoms with Crippen LogP contribution in [0.2, 0.25) is 0 Å². The first-order valence-electron chi connectivity index (χ1n) is 5.90. The summed E-state index contributed by atoms with van der Waals surface area (Å²) in [6.45, 7) is 3.53. The molecule has 1 rings (SSSR count). The van der Waals surface area contributed by atoms with E-state index in [-0.39, 0.29) is 23.3 Å². The van der Waals surface area contributed by atoms with Gasteiger partial charge in [-0.15, -0.1) is 0 Å². The summed E-state index contributed by atoms with van der Waals surface area (Å²) < 4.78 is 5.37. The van der Waals surface area contributed by atoms with Crippen LogP contribution in [0, 0.1) is 0 Å². The summed E-state index contributed by atoms with van der Waals surface area (Å²) in [5.74, 6) is -0.0238. The van der Waals surface area contributed by atoms with E-state index in [9.17, 15) is 9.59 Å². The predicted octanol–water partition coefficient (Wildman–Crippen LogP) is 1.43. The van der Waals surface area contributed by atoms with Gasteiger partial charge < -0.3 is 10.1 Å². The third-order valence-corrected chi connectivity index (χ3v) is 3.39. The van der Waals surface area contributed by atoms with Gasteiger partial charge in [-0.1, -0.05) is 6.92 Å². The number of nitrogens with one attached hydrogen (secondary N) is 1. The summed E-state index contributed by atoms with van der Waals surface area (Å²) in [7, 11) is 1.65. The molecule has 1 N–H and O–H groups in total. The molecule has 16 heavy (non-hydrogen) atoms. The molecule has 4 nitrogen and oxygen atoms in total. The Morgan fingerprint density at radius 1 is 1.44 bits per heavy atom. The molecule has 1 fully saturated rings. The number of rotatable bonds is 6. The first kappa shape index (κ1) is 13.2. The van der Waals surface area contributed by atoms with Crippen LogP contribution in [-0.2, 0) is 14.3 Å². The fraction of sp³-hybridized carbons (Fsp3) is 0.833. The minimum absolute atomic E-state index is 0.0634. The van der Waals surface area contributed by atoms with Crippen LogP contribution in [0.1, 0.15) is 46.0 Å². The molecule has 0 aromatic carbocycles. The van der Waals surface area contributed by atoms with E-state index < -0.39 is 0 Å². The Kier molecular flexibility index (Phi) is 4.47. The van der Waals surface area contributed by atoms with Crippen molar-refractivity contribution < 1.29 is 14.3 Å². The summed E-state index contributed by atoms with van der Waals surface area (Å²) in [4.78, 5) is 23.0. The monoisotopic (exact) mass is 227 g/mol. The first-order chi connectivity index (χ1) is 7.53. The Bertz CT molecular complexity index is 266. The maximum atomic E-state index is 11.7. The van der Waals surface area contributed by atoms with Gasteiger partial charge in [0.05, 0.1) is 18.1 Å². The van der Waals surface area contributed by atoms with Gasteiger partial charge in [0.15, 0.2) is 5.78 Å². The SMILES string of the molecule is CCC(=O)C(C)NC(=O)CC1(OC)CCC1. The van der Waals surface area contributed by atoms with Crippen molar-refractivity contribution >= 4 is 11.7 Å². The summed E-state index contributed by atoms with van der Waals surface area (Å²) in [6, 6.07) is -0.383. The smallest absolute Gasteiger partial charge is 0.223 e. The third kappa shape index (κ3) is 3.04. The Morgan fingerprint density at radius 2 is 2.06 bits per heavy atom. The lowest BCUT2D eigenvalue weighted by Gasteiger charge is -2.40. The summed E-state index contributed by atoms with van der Waals surface area (Å²) in [5.41, 5.74) is -0.265. The van der Waals surface area contributed by atoms with Crippen molar-refractivity contribution in [2.24, 2.45) is 0 Å². The number of amides is 1. The number of ketones is 1. The van der Waals surface area contributed by atoms with E-state index in [1.54, 1.807) is 21.0 Å². The second kappa shape index (κ2) is 5.43. The van der Waals surface area contributed by atoms with Crippen LogP contribution < -0.4 is 5.32 Å². The van der Waals surface area contributed by atoms with E-state index >= 15 is 0 Å². The van der Waals surface area contributed by atoms with Gasteiger partial charge in [-0.25, -0.2) is 0 Å². The third-order valence-electron chi connectivity index (χ3n) is 3.39. The highest BCUT2D eigenvalue weighted by Gasteiger charge is 2.39. The summed E-state index contributed by atoms with van der Waals surface area (Å²) in [5, 5.41) is 2.72. The Balaban J connectivity index is 2.38. The quantitative estimate of drug-likeness (QED) is 0.746. The zero-order chi connectivity index (χ0) is 12.2. The van der Waals surface area contributed by atoms with Crippen LogP contribution in [-0.4, -0.2) is 30.4 Å². The molecule has 1 unspecified atom stereocenters. The Morgan fingerprint density at radius 3 is 2.44 bits per heavy atom. The van der Waals surface area contributed by atoms with Gasteiger partial charge in [-0.3, -0.25) is 9.59 Å². The van der Waals surface area contributed by atoms with Gasteiger partial charge in [0.2, 0.25) is 5.91 Å². The number of carbonyl (C=O) groups is 2. The number of ether oxygens (including phenoxy) is 1. The van der Waals surface area contributed by atoms with E-state index in [1.165, 1.54) is 0 Å². The zero-order valence-corrected chi connectivity index (χ0v) is 10.3. The zero-order valence-electron chi connectivity index (χ0n) is 10.3. The van der Waals surface area contributed by atoms with Crippen LogP contribution in [0.15, 0.2) is 0 Å². The molecule has 0 saturated heterocycles. The van der Waals surface area contributed by atoms with Crippen LogP contribution in [0.25, 0.3) is 0 Å². The van der Waals surface area contributed by atoms with Gasteiger partial charge in [0, 0.05) is 13.5 Å². The molecule has 1 saturated carbocycles. The minimum atomic E-state index is -0.383. The molecule has 0 spiro atoms. The molecule has 0 bridgehead atoms. The number of hydrogen-bond acceptors (Lipinski definition) is 3. The average Bonchev–Trinajstić information content (AvgIpc) is 2.22. The van der Waals surface area contributed by atoms with Crippen molar-refractivity contribution in [2.75, 3.05) is 7.11 Å². The molecule has 92 valence electrons. The summed E-state index contributed by atoms with van der Waals surface area (Å²) >= 11 is 0. The van der Waals surface area contributed by atoms with Crippen molar-refractivity contribution in [1.29, 1.82) is 0 Å². The van der Waals surface area contributed by atoms with Crippen molar-refractivity contribution in [3.05, 3.63) is 0 Å². The maximum Gasteiger partial charge on any atom is 0.223 e. The normalized spacial score (nSPS) is 19.7. The average molecular weight is 227 g/mol. The standard InChI is InChI=1S/C12H21NO3/c1-4-10(14)9(2)13-11(15)8-12(16-3)6-5-7-12/h9H,4-8H2,1-3H3,(H,13,15). The second-order valence-corrected chi connectivity index (χ2v) is 4.53. The fourth-order valence-corrected chi connectivity index (χ4v) is 2.00. The molecule has 0 aliphatic heterocycles. The van der Waals surface area contributed by atoms with Crippen LogP contribution in [0.3, 0.4) is 0 Å². The lowest BCUT2D eigenvalue weighted by Crippen LogP contribution is -2.46. The molecule has 1 aliphatic carbocycles. The number of hydrogen-bond donors (Lipinski definition) is 1. The lowest BCUT2D eigenvalue weighted by atomic mass is 9.77. The van der Waals surface area contributed by atoms with Crippen molar-refractivity contribution in [2.45, 2.75) is 57.6 Å². The number of methoxy groups -OCH3 is 1. The number of carbonyl (C=O) groups excluding carboxylic acids is 2. The first-order valence-corrected chi connectivity index (χ1v) is 5.90. The van der Waals surface area contributed by atoms with E-state index in [1.807, 2.05) is 0 Å². The molecule has 0 radical (unpaired) electrons. The Labute approximate surface area is 96.7 Å². The number of Topliss-reactive ketones (excluding diaryl/α,β-unsaturated/α-hetero) is 1. The van der Waals surface area contributed by atoms with Crippen molar-refractivity contribution in [3.8, 4) is 0 Å². The van der Waals surface area contributed by atoms with Gasteiger partial charge >= 0.3 is 0 Å². The van der Waals surface area contributed by atoms with E-state index in [0.29, 0.717) is 12.8 Å². The molecule has 0 heterocycles. The Hall–Kier alpha value is -0.900. The molecule has 0 aromatic rings. The second-order valence-electron chi connectivity index (χ2n) is 4.53. The predicted molar refractivity (Wildman–Crippen MR) is 61.1 cm³/mol. The van der Waals surface area contributed by atoms with E-state index in [4.69, 9.17) is 4.74 Å². The van der Waals surface area contributed by atoms with Crippen LogP contribution >= 0.6 is 0 Å². The highest BCUT2D eigenvalue weighted by molar-refractivity contribution is 5.88. The summed E-state index contributed by atoms with van der Waals surface area (Å²) in [6.07, 6.45) is 3.81. The molecular weight excluding hydrogens is 206 g/mol. The fourth-order valence-electron chi connectivity index (χ4n) is 2.00. The molecule has 1 aliphatic rings. The largest absolute Gasteiger partial charge is 0.378 e. The van der Waals surface area contributed by atoms with E-state index in [2.05, 4.69) is 5.32 Å². The molecule has 1 atom stereocenters. The van der Waals surface area contributed by atoms with Gasteiger partial charge in [0.25, 0.3) is 0 Å². The van der Waals surface area contributed by atoms with Crippen LogP contribution in [0.5, 0.6) is 0 Å². The van der Waals surface area contributed by atoms with Crippen molar-refractivity contribution in [3.63, 3.8) is 0 Å². The van der Waals surface area contributed by atoms with Gasteiger partial charge in [0.1, 0.15) is 0 Å².